The minimum Gasteiger partial charge on any atom is -0.490 e. The minimum absolute atomic E-state index is 0.0106. The van der Waals surface area contributed by atoms with Crippen molar-refractivity contribution < 1.29 is 28.4 Å². The Morgan fingerprint density at radius 1 is 0.892 bits per heavy atom. The highest BCUT2D eigenvalue weighted by molar-refractivity contribution is 5.14. The van der Waals surface area contributed by atoms with Crippen molar-refractivity contribution in [1.29, 1.82) is 0 Å². The van der Waals surface area contributed by atoms with E-state index in [9.17, 15) is 0 Å². The van der Waals surface area contributed by atoms with Gasteiger partial charge in [0.05, 0.1) is 31.2 Å². The molecule has 0 aliphatic carbocycles. The van der Waals surface area contributed by atoms with Crippen LogP contribution in [0.1, 0.15) is 56.1 Å². The van der Waals surface area contributed by atoms with Gasteiger partial charge in [-0.2, -0.15) is 0 Å². The van der Waals surface area contributed by atoms with E-state index in [4.69, 9.17) is 28.4 Å². The summed E-state index contributed by atoms with van der Waals surface area (Å²) in [6, 6.07) is 20.6. The van der Waals surface area contributed by atoms with Crippen LogP contribution in [0.2, 0.25) is 0 Å². The third-order valence-electron chi connectivity index (χ3n) is 7.08. The third kappa shape index (κ3) is 8.94. The van der Waals surface area contributed by atoms with Crippen LogP contribution in [0.5, 0.6) is 0 Å². The molecule has 6 heteroatoms. The Morgan fingerprint density at radius 3 is 2.30 bits per heavy atom. The van der Waals surface area contributed by atoms with E-state index in [2.05, 4.69) is 42.5 Å². The minimum atomic E-state index is -0.172. The van der Waals surface area contributed by atoms with Crippen LogP contribution in [-0.2, 0) is 41.6 Å². The lowest BCUT2D eigenvalue weighted by atomic mass is 9.91. The van der Waals surface area contributed by atoms with Crippen LogP contribution in [0.15, 0.2) is 72.5 Å². The number of allylic oxidation sites excluding steroid dienone is 1. The fourth-order valence-electron chi connectivity index (χ4n) is 5.06. The van der Waals surface area contributed by atoms with Gasteiger partial charge in [0.2, 0.25) is 0 Å². The highest BCUT2D eigenvalue weighted by Gasteiger charge is 2.42. The number of fused-ring (bicyclic) bond motifs is 1. The lowest BCUT2D eigenvalue weighted by Gasteiger charge is -2.44. The molecule has 0 spiro atoms. The number of benzene rings is 2. The molecule has 2 aliphatic rings. The molecule has 6 nitrogen and oxygen atoms in total. The molecular weight excluding hydrogens is 468 g/mol. The zero-order valence-electron chi connectivity index (χ0n) is 22.3. The van der Waals surface area contributed by atoms with Crippen molar-refractivity contribution >= 4 is 0 Å². The molecule has 1 saturated heterocycles. The summed E-state index contributed by atoms with van der Waals surface area (Å²) in [4.78, 5) is 0. The molecule has 2 heterocycles. The topological polar surface area (TPSA) is 55.4 Å². The first-order valence-electron chi connectivity index (χ1n) is 13.6. The predicted molar refractivity (Wildman–Crippen MR) is 143 cm³/mol. The molecule has 0 bridgehead atoms. The molecule has 1 fully saturated rings. The summed E-state index contributed by atoms with van der Waals surface area (Å²) in [6.07, 6.45) is 8.31. The van der Waals surface area contributed by atoms with Crippen molar-refractivity contribution in [3.63, 3.8) is 0 Å². The lowest BCUT2D eigenvalue weighted by Crippen LogP contribution is -2.51. The Balaban J connectivity index is 1.29. The Hall–Kier alpha value is -2.22. The van der Waals surface area contributed by atoms with Crippen LogP contribution < -0.4 is 0 Å². The lowest BCUT2D eigenvalue weighted by molar-refractivity contribution is -0.200. The molecule has 0 saturated carbocycles. The highest BCUT2D eigenvalue weighted by Crippen LogP contribution is 2.35. The van der Waals surface area contributed by atoms with Crippen LogP contribution in [-0.4, -0.2) is 51.5 Å². The van der Waals surface area contributed by atoms with Gasteiger partial charge in [0.25, 0.3) is 0 Å². The van der Waals surface area contributed by atoms with E-state index in [-0.39, 0.29) is 30.7 Å². The number of hydrogen-bond acceptors (Lipinski definition) is 6. The summed E-state index contributed by atoms with van der Waals surface area (Å²) in [7, 11) is 3.35. The van der Waals surface area contributed by atoms with Crippen LogP contribution in [0.3, 0.4) is 0 Å². The molecule has 37 heavy (non-hydrogen) atoms. The van der Waals surface area contributed by atoms with Crippen molar-refractivity contribution in [3.8, 4) is 0 Å². The van der Waals surface area contributed by atoms with Crippen molar-refractivity contribution in [2.75, 3.05) is 20.8 Å². The van der Waals surface area contributed by atoms with E-state index in [0.29, 0.717) is 13.2 Å². The Bertz CT molecular complexity index is 914. The van der Waals surface area contributed by atoms with E-state index < -0.39 is 0 Å². The van der Waals surface area contributed by atoms with Gasteiger partial charge in [-0.15, -0.1) is 0 Å². The summed E-state index contributed by atoms with van der Waals surface area (Å²) >= 11 is 0. The molecule has 0 N–H and O–H groups in total. The largest absolute Gasteiger partial charge is 0.490 e. The summed E-state index contributed by atoms with van der Waals surface area (Å²) < 4.78 is 36.0. The predicted octanol–water partition coefficient (Wildman–Crippen LogP) is 6.19. The third-order valence-corrected chi connectivity index (χ3v) is 7.08. The maximum absolute atomic E-state index is 6.52. The zero-order valence-corrected chi connectivity index (χ0v) is 22.3. The van der Waals surface area contributed by atoms with Gasteiger partial charge in [0.1, 0.15) is 6.10 Å². The van der Waals surface area contributed by atoms with Crippen LogP contribution >= 0.6 is 0 Å². The smallest absolute Gasteiger partial charge is 0.156 e. The monoisotopic (exact) mass is 510 g/mol. The van der Waals surface area contributed by atoms with Gasteiger partial charge in [0, 0.05) is 33.7 Å². The molecule has 0 amide bonds. The maximum Gasteiger partial charge on any atom is 0.156 e. The number of hydrogen-bond donors (Lipinski definition) is 0. The van der Waals surface area contributed by atoms with Crippen molar-refractivity contribution in [2.45, 2.75) is 88.9 Å². The van der Waals surface area contributed by atoms with Gasteiger partial charge in [0.15, 0.2) is 12.4 Å². The quantitative estimate of drug-likeness (QED) is 0.210. The SMILES string of the molecule is COC(CCCC1=CC[C@H]2O[C@H](CCCOCc3ccccc3)C[C@H](OCc3ccccc3)[C@@H]2O1)OC. The molecule has 4 rings (SSSR count). The van der Waals surface area contributed by atoms with Gasteiger partial charge in [-0.1, -0.05) is 60.7 Å². The maximum atomic E-state index is 6.52. The Kier molecular flexibility index (Phi) is 11.5. The van der Waals surface area contributed by atoms with Crippen LogP contribution in [0.4, 0.5) is 0 Å². The Labute approximate surface area is 221 Å². The average Bonchev–Trinajstić information content (AvgIpc) is 2.95. The molecule has 202 valence electrons. The zero-order chi connectivity index (χ0) is 25.7. The van der Waals surface area contributed by atoms with Crippen molar-refractivity contribution in [1.82, 2.24) is 0 Å². The van der Waals surface area contributed by atoms with E-state index in [0.717, 1.165) is 57.3 Å². The number of ether oxygens (including phenoxy) is 6. The molecule has 2 aromatic rings. The molecule has 0 unspecified atom stereocenters. The summed E-state index contributed by atoms with van der Waals surface area (Å²) in [6.45, 7) is 1.95. The second-order valence-corrected chi connectivity index (χ2v) is 9.83. The number of rotatable bonds is 15. The normalized spacial score (nSPS) is 23.4. The van der Waals surface area contributed by atoms with Crippen molar-refractivity contribution in [2.24, 2.45) is 0 Å². The van der Waals surface area contributed by atoms with E-state index in [1.807, 2.05) is 24.3 Å². The van der Waals surface area contributed by atoms with E-state index in [1.165, 1.54) is 11.1 Å². The molecule has 4 atom stereocenters. The molecule has 2 aromatic carbocycles. The Morgan fingerprint density at radius 2 is 1.59 bits per heavy atom. The highest BCUT2D eigenvalue weighted by atomic mass is 16.7. The molecular formula is C31H42O6. The standard InChI is InChI=1S/C31H42O6/c1-32-30(33-2)17-9-15-26-18-19-28-31(37-26)29(35-23-25-13-7-4-8-14-25)21-27(36-28)16-10-20-34-22-24-11-5-3-6-12-24/h3-8,11-14,18,27-31H,9-10,15-17,19-23H2,1-2H3/t27-,28-,29+,31-/m1/s1. The van der Waals surface area contributed by atoms with Gasteiger partial charge < -0.3 is 28.4 Å². The summed E-state index contributed by atoms with van der Waals surface area (Å²) in [5.41, 5.74) is 2.38. The second-order valence-electron chi connectivity index (χ2n) is 9.83. The summed E-state index contributed by atoms with van der Waals surface area (Å²) in [5, 5.41) is 0. The van der Waals surface area contributed by atoms with E-state index in [1.54, 1.807) is 14.2 Å². The number of methoxy groups -OCH3 is 2. The molecule has 0 radical (unpaired) electrons. The van der Waals surface area contributed by atoms with E-state index >= 15 is 0 Å². The first-order chi connectivity index (χ1) is 18.2. The van der Waals surface area contributed by atoms with Gasteiger partial charge in [-0.05, 0) is 49.3 Å². The van der Waals surface area contributed by atoms with Gasteiger partial charge in [-0.3, -0.25) is 0 Å². The van der Waals surface area contributed by atoms with Gasteiger partial charge in [-0.25, -0.2) is 0 Å². The van der Waals surface area contributed by atoms with Crippen LogP contribution in [0, 0.1) is 0 Å². The molecule has 2 aliphatic heterocycles. The molecule has 0 aromatic heterocycles. The fourth-order valence-corrected chi connectivity index (χ4v) is 5.06. The van der Waals surface area contributed by atoms with Crippen LogP contribution in [0.25, 0.3) is 0 Å². The second kappa shape index (κ2) is 15.3. The average molecular weight is 511 g/mol. The fraction of sp³-hybridized carbons (Fsp3) is 0.548. The van der Waals surface area contributed by atoms with Gasteiger partial charge >= 0.3 is 0 Å². The first-order valence-corrected chi connectivity index (χ1v) is 13.6. The first kappa shape index (κ1) is 27.8. The van der Waals surface area contributed by atoms with Crippen molar-refractivity contribution in [3.05, 3.63) is 83.6 Å². The summed E-state index contributed by atoms with van der Waals surface area (Å²) in [5.74, 6) is 1.02.